The minimum absolute atomic E-state index is 0.0544. The highest BCUT2D eigenvalue weighted by Gasteiger charge is 2.23. The molecule has 0 radical (unpaired) electrons. The van der Waals surface area contributed by atoms with E-state index >= 15 is 0 Å². The summed E-state index contributed by atoms with van der Waals surface area (Å²) in [6, 6.07) is 1.78. The Bertz CT molecular complexity index is 776. The van der Waals surface area contributed by atoms with Crippen LogP contribution in [-0.4, -0.2) is 32.0 Å². The van der Waals surface area contributed by atoms with Crippen LogP contribution in [0.5, 0.6) is 5.75 Å². The monoisotopic (exact) mass is 348 g/mol. The summed E-state index contributed by atoms with van der Waals surface area (Å²) in [5.41, 5.74) is 1.90. The first-order chi connectivity index (χ1) is 11.4. The van der Waals surface area contributed by atoms with E-state index in [0.29, 0.717) is 29.5 Å². The molecule has 1 fully saturated rings. The second kappa shape index (κ2) is 6.82. The molecule has 2 aromatic heterocycles. The Balaban J connectivity index is 2.01. The van der Waals surface area contributed by atoms with Crippen LogP contribution in [0.4, 0.5) is 5.95 Å². The van der Waals surface area contributed by atoms with Crippen molar-refractivity contribution in [2.75, 3.05) is 17.6 Å². The third kappa shape index (κ3) is 3.88. The van der Waals surface area contributed by atoms with Crippen LogP contribution in [-0.2, 0) is 18.4 Å². The van der Waals surface area contributed by atoms with Gasteiger partial charge < -0.3 is 13.9 Å². The van der Waals surface area contributed by atoms with Gasteiger partial charge in [0.05, 0.1) is 24.2 Å². The second-order valence-electron chi connectivity index (χ2n) is 6.04. The van der Waals surface area contributed by atoms with Gasteiger partial charge in [0, 0.05) is 24.4 Å². The predicted molar refractivity (Wildman–Crippen MR) is 93.4 cm³/mol. The van der Waals surface area contributed by atoms with Gasteiger partial charge in [0.2, 0.25) is 0 Å². The van der Waals surface area contributed by atoms with E-state index in [4.69, 9.17) is 4.74 Å². The molecule has 1 unspecified atom stereocenters. The summed E-state index contributed by atoms with van der Waals surface area (Å²) in [5, 5.41) is 0. The summed E-state index contributed by atoms with van der Waals surface area (Å²) in [6.45, 7) is 2.39. The van der Waals surface area contributed by atoms with Crippen molar-refractivity contribution in [3.05, 3.63) is 34.4 Å². The van der Waals surface area contributed by atoms with Gasteiger partial charge in [-0.25, -0.2) is 9.97 Å². The zero-order chi connectivity index (χ0) is 17.3. The van der Waals surface area contributed by atoms with Gasteiger partial charge in [-0.2, -0.15) is 4.72 Å². The van der Waals surface area contributed by atoms with Crippen molar-refractivity contribution in [3.63, 3.8) is 0 Å². The molecule has 128 valence electrons. The SMILES string of the molecule is Cc1cc(-c2nc(N[S+](C)[O-])ncc2OCC2CC2)cn(C)c1=O. The molecule has 7 nitrogen and oxygen atoms in total. The Morgan fingerprint density at radius 2 is 2.25 bits per heavy atom. The molecule has 0 amide bonds. The lowest BCUT2D eigenvalue weighted by Gasteiger charge is -2.13. The minimum atomic E-state index is -1.27. The fourth-order valence-corrected chi connectivity index (χ4v) is 2.72. The zero-order valence-corrected chi connectivity index (χ0v) is 14.7. The Hall–Kier alpha value is -2.06. The van der Waals surface area contributed by atoms with Gasteiger partial charge in [0.25, 0.3) is 11.5 Å². The maximum atomic E-state index is 11.9. The fourth-order valence-electron chi connectivity index (χ4n) is 2.36. The van der Waals surface area contributed by atoms with Crippen molar-refractivity contribution in [3.8, 4) is 17.0 Å². The number of rotatable bonds is 6. The van der Waals surface area contributed by atoms with Crippen LogP contribution in [0.1, 0.15) is 18.4 Å². The summed E-state index contributed by atoms with van der Waals surface area (Å²) in [5.74, 6) is 1.42. The number of aryl methyl sites for hydroxylation is 2. The molecule has 1 aliphatic carbocycles. The number of nitrogens with zero attached hydrogens (tertiary/aromatic N) is 3. The van der Waals surface area contributed by atoms with E-state index in [1.54, 1.807) is 32.4 Å². The molecule has 0 aromatic carbocycles. The molecule has 0 bridgehead atoms. The molecule has 1 atom stereocenters. The van der Waals surface area contributed by atoms with Crippen LogP contribution in [0, 0.1) is 12.8 Å². The third-order valence-electron chi connectivity index (χ3n) is 3.80. The first-order valence-corrected chi connectivity index (χ1v) is 9.27. The molecular weight excluding hydrogens is 328 g/mol. The number of ether oxygens (including phenoxy) is 1. The van der Waals surface area contributed by atoms with Gasteiger partial charge in [-0.05, 0) is 31.7 Å². The fraction of sp³-hybridized carbons (Fsp3) is 0.438. The number of aromatic nitrogens is 3. The molecule has 2 heterocycles. The van der Waals surface area contributed by atoms with E-state index in [9.17, 15) is 9.35 Å². The highest BCUT2D eigenvalue weighted by atomic mass is 32.2. The standard InChI is InChI=1S/C16H20N4O3S/c1-10-6-12(8-20(2)15(10)21)14-13(23-9-11-4-5-11)7-17-16(18-14)19-24(3)22/h6-8,11H,4-5,9H2,1-3H3,(H,17,18,19). The summed E-state index contributed by atoms with van der Waals surface area (Å²) in [4.78, 5) is 20.5. The molecule has 2 aromatic rings. The van der Waals surface area contributed by atoms with Gasteiger partial charge in [-0.1, -0.05) is 0 Å². The van der Waals surface area contributed by atoms with Crippen LogP contribution < -0.4 is 15.0 Å². The second-order valence-corrected chi connectivity index (χ2v) is 7.16. The molecule has 0 spiro atoms. The predicted octanol–water partition coefficient (Wildman–Crippen LogP) is 1.64. The Labute approximate surface area is 143 Å². The van der Waals surface area contributed by atoms with Crippen molar-refractivity contribution < 1.29 is 9.29 Å². The van der Waals surface area contributed by atoms with Crippen LogP contribution in [0.2, 0.25) is 0 Å². The summed E-state index contributed by atoms with van der Waals surface area (Å²) < 4.78 is 21.4. The first-order valence-electron chi connectivity index (χ1n) is 7.71. The number of hydrogen-bond donors (Lipinski definition) is 1. The van der Waals surface area contributed by atoms with Crippen LogP contribution in [0.3, 0.4) is 0 Å². The van der Waals surface area contributed by atoms with E-state index in [2.05, 4.69) is 14.7 Å². The number of anilines is 1. The van der Waals surface area contributed by atoms with Crippen molar-refractivity contribution in [1.82, 2.24) is 14.5 Å². The molecule has 1 saturated carbocycles. The van der Waals surface area contributed by atoms with Gasteiger partial charge in [-0.3, -0.25) is 4.79 Å². The smallest absolute Gasteiger partial charge is 0.265 e. The lowest BCUT2D eigenvalue weighted by Crippen LogP contribution is -2.19. The largest absolute Gasteiger partial charge is 0.593 e. The van der Waals surface area contributed by atoms with Crippen molar-refractivity contribution in [2.24, 2.45) is 13.0 Å². The molecular formula is C16H20N4O3S. The highest BCUT2D eigenvalue weighted by molar-refractivity contribution is 7.91. The zero-order valence-electron chi connectivity index (χ0n) is 13.9. The third-order valence-corrected chi connectivity index (χ3v) is 4.27. The number of hydrogen-bond acceptors (Lipinski definition) is 6. The molecule has 8 heteroatoms. The van der Waals surface area contributed by atoms with E-state index in [0.717, 1.165) is 5.56 Å². The lowest BCUT2D eigenvalue weighted by molar-refractivity contribution is 0.299. The van der Waals surface area contributed by atoms with E-state index in [-0.39, 0.29) is 11.5 Å². The molecule has 0 aliphatic heterocycles. The van der Waals surface area contributed by atoms with E-state index in [1.807, 2.05) is 0 Å². The van der Waals surface area contributed by atoms with Gasteiger partial charge in [-0.15, -0.1) is 0 Å². The molecule has 3 rings (SSSR count). The Morgan fingerprint density at radius 1 is 1.50 bits per heavy atom. The average Bonchev–Trinajstić information content (AvgIpc) is 3.34. The van der Waals surface area contributed by atoms with Gasteiger partial charge >= 0.3 is 0 Å². The van der Waals surface area contributed by atoms with Crippen LogP contribution >= 0.6 is 0 Å². The Kier molecular flexibility index (Phi) is 4.77. The quantitative estimate of drug-likeness (QED) is 0.798. The lowest BCUT2D eigenvalue weighted by atomic mass is 10.1. The summed E-state index contributed by atoms with van der Waals surface area (Å²) >= 11 is -1.27. The van der Waals surface area contributed by atoms with Gasteiger partial charge in [0.1, 0.15) is 11.9 Å². The maximum absolute atomic E-state index is 11.9. The molecule has 1 aliphatic rings. The van der Waals surface area contributed by atoms with Crippen molar-refractivity contribution in [1.29, 1.82) is 0 Å². The summed E-state index contributed by atoms with van der Waals surface area (Å²) in [7, 11) is 1.70. The number of pyridine rings is 1. The average molecular weight is 348 g/mol. The normalized spacial score (nSPS) is 15.2. The van der Waals surface area contributed by atoms with Crippen LogP contribution in [0.25, 0.3) is 11.3 Å². The molecule has 24 heavy (non-hydrogen) atoms. The van der Waals surface area contributed by atoms with E-state index in [1.165, 1.54) is 23.7 Å². The van der Waals surface area contributed by atoms with Crippen LogP contribution in [0.15, 0.2) is 23.3 Å². The first kappa shape index (κ1) is 16.8. The van der Waals surface area contributed by atoms with Crippen molar-refractivity contribution in [2.45, 2.75) is 19.8 Å². The summed E-state index contributed by atoms with van der Waals surface area (Å²) in [6.07, 6.45) is 7.18. The molecule has 1 N–H and O–H groups in total. The topological polar surface area (TPSA) is 92.1 Å². The molecule has 0 saturated heterocycles. The number of nitrogens with one attached hydrogen (secondary N) is 1. The van der Waals surface area contributed by atoms with Gasteiger partial charge in [0.15, 0.2) is 5.75 Å². The minimum Gasteiger partial charge on any atom is -0.593 e. The van der Waals surface area contributed by atoms with E-state index < -0.39 is 11.4 Å². The van der Waals surface area contributed by atoms with Crippen molar-refractivity contribution >= 4 is 17.3 Å². The maximum Gasteiger partial charge on any atom is 0.265 e. The highest BCUT2D eigenvalue weighted by Crippen LogP contribution is 2.33. The Morgan fingerprint density at radius 3 is 2.88 bits per heavy atom.